The van der Waals surface area contributed by atoms with Crippen LogP contribution in [0.4, 0.5) is 0 Å². The average molecular weight is 274 g/mol. The lowest BCUT2D eigenvalue weighted by Crippen LogP contribution is -2.20. The minimum Gasteiger partial charge on any atom is -0.307 e. The number of amides is 1. The van der Waals surface area contributed by atoms with Crippen LogP contribution in [0.3, 0.4) is 0 Å². The quantitative estimate of drug-likeness (QED) is 0.532. The van der Waals surface area contributed by atoms with Gasteiger partial charge in [0.15, 0.2) is 0 Å². The zero-order valence-electron chi connectivity index (χ0n) is 9.47. The number of hydrogen-bond acceptors (Lipinski definition) is 1. The van der Waals surface area contributed by atoms with E-state index >= 15 is 0 Å². The van der Waals surface area contributed by atoms with Gasteiger partial charge in [-0.15, -0.1) is 0 Å². The van der Waals surface area contributed by atoms with Gasteiger partial charge in [0.25, 0.3) is 0 Å². The van der Waals surface area contributed by atoms with Crippen molar-refractivity contribution in [3.05, 3.63) is 10.7 Å². The molecule has 1 saturated heterocycles. The van der Waals surface area contributed by atoms with Gasteiger partial charge in [-0.05, 0) is 35.2 Å². The molecule has 0 N–H and O–H groups in total. The second-order valence-corrected chi connectivity index (χ2v) is 4.84. The molecule has 0 aromatic heterocycles. The Morgan fingerprint density at radius 3 is 2.87 bits per heavy atom. The Hall–Kier alpha value is -0.310. The van der Waals surface area contributed by atoms with Crippen LogP contribution in [0.15, 0.2) is 10.7 Å². The zero-order chi connectivity index (χ0) is 11.1. The van der Waals surface area contributed by atoms with Crippen molar-refractivity contribution >= 4 is 21.8 Å². The Labute approximate surface area is 101 Å². The number of nitrogens with zero attached hydrogens (tertiary/aromatic N) is 1. The number of halogens is 1. The fraction of sp³-hybridized carbons (Fsp3) is 0.750. The number of unbranched alkanes of at least 4 members (excludes halogenated alkanes) is 4. The van der Waals surface area contributed by atoms with Crippen LogP contribution >= 0.6 is 15.9 Å². The van der Waals surface area contributed by atoms with Crippen molar-refractivity contribution in [1.82, 2.24) is 4.90 Å². The van der Waals surface area contributed by atoms with Gasteiger partial charge in [0.2, 0.25) is 5.91 Å². The van der Waals surface area contributed by atoms with Gasteiger partial charge in [-0.3, -0.25) is 4.79 Å². The summed E-state index contributed by atoms with van der Waals surface area (Å²) in [7, 11) is 0. The molecular weight excluding hydrogens is 254 g/mol. The lowest BCUT2D eigenvalue weighted by molar-refractivity contribution is -0.125. The third-order valence-electron chi connectivity index (χ3n) is 2.70. The molecule has 0 bridgehead atoms. The molecule has 1 fully saturated rings. The van der Waals surface area contributed by atoms with Crippen LogP contribution in [-0.4, -0.2) is 17.4 Å². The molecule has 0 aromatic rings. The Bertz CT molecular complexity index is 238. The summed E-state index contributed by atoms with van der Waals surface area (Å²) in [5.74, 6) is 0.256. The Morgan fingerprint density at radius 1 is 1.47 bits per heavy atom. The maximum atomic E-state index is 11.4. The van der Waals surface area contributed by atoms with Crippen molar-refractivity contribution in [2.24, 2.45) is 0 Å². The molecule has 0 spiro atoms. The molecule has 86 valence electrons. The minimum atomic E-state index is 0.256. The number of rotatable bonds is 6. The smallest absolute Gasteiger partial charge is 0.227 e. The summed E-state index contributed by atoms with van der Waals surface area (Å²) in [6.07, 6.45) is 10.0. The van der Waals surface area contributed by atoms with Gasteiger partial charge >= 0.3 is 0 Å². The lowest BCUT2D eigenvalue weighted by Gasteiger charge is -2.14. The van der Waals surface area contributed by atoms with Crippen molar-refractivity contribution in [3.8, 4) is 0 Å². The van der Waals surface area contributed by atoms with E-state index in [2.05, 4.69) is 28.9 Å². The van der Waals surface area contributed by atoms with E-state index in [1.54, 1.807) is 0 Å². The average Bonchev–Trinajstić information content (AvgIpc) is 2.64. The predicted octanol–water partition coefficient (Wildman–Crippen LogP) is 3.82. The molecule has 1 aliphatic rings. The number of allylic oxidation sites excluding steroid dienone is 1. The predicted molar refractivity (Wildman–Crippen MR) is 66.7 cm³/mol. The van der Waals surface area contributed by atoms with Crippen LogP contribution in [0.2, 0.25) is 0 Å². The molecule has 0 aromatic carbocycles. The molecule has 0 unspecified atom stereocenters. The van der Waals surface area contributed by atoms with Crippen LogP contribution in [0.25, 0.3) is 0 Å². The van der Waals surface area contributed by atoms with Gasteiger partial charge in [0.1, 0.15) is 0 Å². The van der Waals surface area contributed by atoms with E-state index in [9.17, 15) is 4.79 Å². The van der Waals surface area contributed by atoms with Gasteiger partial charge in [-0.1, -0.05) is 32.3 Å². The standard InChI is InChI=1S/C12H20BrNO/c1-2-3-4-5-6-8-11(13)14-10-7-9-12(14)15/h8H,2-7,9-10H2,1H3/b11-8+. The molecule has 1 amide bonds. The first-order chi connectivity index (χ1) is 7.25. The van der Waals surface area contributed by atoms with E-state index in [1.165, 1.54) is 25.7 Å². The van der Waals surface area contributed by atoms with Crippen molar-refractivity contribution in [2.45, 2.75) is 51.9 Å². The summed E-state index contributed by atoms with van der Waals surface area (Å²) in [4.78, 5) is 13.3. The topological polar surface area (TPSA) is 20.3 Å². The summed E-state index contributed by atoms with van der Waals surface area (Å²) < 4.78 is 0.974. The number of carbonyl (C=O) groups is 1. The molecule has 0 aliphatic carbocycles. The molecule has 0 atom stereocenters. The van der Waals surface area contributed by atoms with Crippen LogP contribution in [0.1, 0.15) is 51.9 Å². The number of hydrogen-bond donors (Lipinski definition) is 0. The second-order valence-electron chi connectivity index (χ2n) is 4.03. The van der Waals surface area contributed by atoms with Gasteiger partial charge in [0.05, 0.1) is 4.61 Å². The summed E-state index contributed by atoms with van der Waals surface area (Å²) in [6, 6.07) is 0. The Kier molecular flexibility index (Phi) is 5.99. The lowest BCUT2D eigenvalue weighted by atomic mass is 10.1. The second kappa shape index (κ2) is 7.04. The molecule has 1 aliphatic heterocycles. The van der Waals surface area contributed by atoms with E-state index < -0.39 is 0 Å². The largest absolute Gasteiger partial charge is 0.307 e. The van der Waals surface area contributed by atoms with Gasteiger partial charge in [-0.25, -0.2) is 0 Å². The van der Waals surface area contributed by atoms with E-state index in [1.807, 2.05) is 4.90 Å². The zero-order valence-corrected chi connectivity index (χ0v) is 11.1. The number of likely N-dealkylation sites (tertiary alicyclic amines) is 1. The first kappa shape index (κ1) is 12.8. The normalized spacial score (nSPS) is 17.6. The van der Waals surface area contributed by atoms with Gasteiger partial charge < -0.3 is 4.90 Å². The van der Waals surface area contributed by atoms with E-state index in [4.69, 9.17) is 0 Å². The minimum absolute atomic E-state index is 0.256. The molecule has 3 heteroatoms. The van der Waals surface area contributed by atoms with Crippen LogP contribution in [-0.2, 0) is 4.79 Å². The van der Waals surface area contributed by atoms with E-state index in [0.717, 1.165) is 24.0 Å². The van der Waals surface area contributed by atoms with E-state index in [0.29, 0.717) is 6.42 Å². The molecule has 15 heavy (non-hydrogen) atoms. The monoisotopic (exact) mass is 273 g/mol. The van der Waals surface area contributed by atoms with E-state index in [-0.39, 0.29) is 5.91 Å². The van der Waals surface area contributed by atoms with Crippen molar-refractivity contribution in [2.75, 3.05) is 6.54 Å². The van der Waals surface area contributed by atoms with Gasteiger partial charge in [0, 0.05) is 13.0 Å². The van der Waals surface area contributed by atoms with Gasteiger partial charge in [-0.2, -0.15) is 0 Å². The fourth-order valence-electron chi connectivity index (χ4n) is 1.78. The fourth-order valence-corrected chi connectivity index (χ4v) is 2.38. The maximum absolute atomic E-state index is 11.4. The highest BCUT2D eigenvalue weighted by Crippen LogP contribution is 2.21. The Balaban J connectivity index is 2.23. The molecule has 2 nitrogen and oxygen atoms in total. The summed E-state index contributed by atoms with van der Waals surface area (Å²) in [5, 5.41) is 0. The summed E-state index contributed by atoms with van der Waals surface area (Å²) in [5.41, 5.74) is 0. The van der Waals surface area contributed by atoms with Crippen molar-refractivity contribution in [1.29, 1.82) is 0 Å². The molecular formula is C12H20BrNO. The SMILES string of the molecule is CCCCCC/C=C(\Br)N1CCCC1=O. The first-order valence-corrected chi connectivity index (χ1v) is 6.71. The Morgan fingerprint density at radius 2 is 2.27 bits per heavy atom. The highest BCUT2D eigenvalue weighted by molar-refractivity contribution is 9.11. The summed E-state index contributed by atoms with van der Waals surface area (Å²) >= 11 is 3.48. The summed E-state index contributed by atoms with van der Waals surface area (Å²) in [6.45, 7) is 3.10. The molecule has 1 rings (SSSR count). The van der Waals surface area contributed by atoms with Crippen molar-refractivity contribution in [3.63, 3.8) is 0 Å². The third-order valence-corrected chi connectivity index (χ3v) is 3.45. The van der Waals surface area contributed by atoms with Crippen LogP contribution < -0.4 is 0 Å². The van der Waals surface area contributed by atoms with Crippen LogP contribution in [0.5, 0.6) is 0 Å². The van der Waals surface area contributed by atoms with Crippen LogP contribution in [0, 0.1) is 0 Å². The van der Waals surface area contributed by atoms with Crippen molar-refractivity contribution < 1.29 is 4.79 Å². The first-order valence-electron chi connectivity index (χ1n) is 5.91. The highest BCUT2D eigenvalue weighted by Gasteiger charge is 2.21. The third kappa shape index (κ3) is 4.37. The molecule has 0 saturated carbocycles. The highest BCUT2D eigenvalue weighted by atomic mass is 79.9. The number of carbonyl (C=O) groups excluding carboxylic acids is 1. The molecule has 0 radical (unpaired) electrons. The molecule has 1 heterocycles. The maximum Gasteiger partial charge on any atom is 0.227 e.